The van der Waals surface area contributed by atoms with E-state index in [0.717, 1.165) is 11.1 Å². The Labute approximate surface area is 163 Å². The summed E-state index contributed by atoms with van der Waals surface area (Å²) in [5.74, 6) is 0. The van der Waals surface area contributed by atoms with Crippen molar-refractivity contribution in [3.05, 3.63) is 63.2 Å². The SMILES string of the molecule is Cc1ccc(S(=O)(=O)N2CCN(c3ccc(C=O)cc3[N+](=O)[O-])CC2)cc1C. The monoisotopic (exact) mass is 403 g/mol. The fraction of sp³-hybridized carbons (Fsp3) is 0.316. The molecule has 0 unspecified atom stereocenters. The molecule has 1 fully saturated rings. The van der Waals surface area contributed by atoms with Crippen LogP contribution in [0, 0.1) is 24.0 Å². The summed E-state index contributed by atoms with van der Waals surface area (Å²) in [4.78, 5) is 23.8. The van der Waals surface area contributed by atoms with E-state index in [1.165, 1.54) is 22.5 Å². The number of sulfonamides is 1. The molecule has 2 aromatic carbocycles. The van der Waals surface area contributed by atoms with Crippen LogP contribution >= 0.6 is 0 Å². The number of nitrogens with zero attached hydrogens (tertiary/aromatic N) is 3. The Morgan fingerprint density at radius 1 is 1.00 bits per heavy atom. The van der Waals surface area contributed by atoms with Gasteiger partial charge in [0.2, 0.25) is 10.0 Å². The molecule has 9 heteroatoms. The number of nitro benzene ring substituents is 1. The first-order valence-electron chi connectivity index (χ1n) is 8.80. The van der Waals surface area contributed by atoms with Gasteiger partial charge in [-0.25, -0.2) is 8.42 Å². The van der Waals surface area contributed by atoms with Crippen LogP contribution in [0.1, 0.15) is 21.5 Å². The molecule has 3 rings (SSSR count). The van der Waals surface area contributed by atoms with Crippen molar-refractivity contribution in [2.75, 3.05) is 31.1 Å². The third-order valence-electron chi connectivity index (χ3n) is 5.03. The minimum Gasteiger partial charge on any atom is -0.363 e. The maximum Gasteiger partial charge on any atom is 0.293 e. The zero-order valence-electron chi connectivity index (χ0n) is 15.7. The van der Waals surface area contributed by atoms with Crippen LogP contribution in [0.4, 0.5) is 11.4 Å². The van der Waals surface area contributed by atoms with E-state index in [0.29, 0.717) is 25.1 Å². The van der Waals surface area contributed by atoms with Crippen molar-refractivity contribution >= 4 is 27.7 Å². The van der Waals surface area contributed by atoms with Crippen LogP contribution in [-0.2, 0) is 10.0 Å². The minimum atomic E-state index is -3.62. The third-order valence-corrected chi connectivity index (χ3v) is 6.92. The summed E-state index contributed by atoms with van der Waals surface area (Å²) in [6.45, 7) is 4.89. The number of piperazine rings is 1. The molecule has 148 valence electrons. The Kier molecular flexibility index (Phi) is 5.48. The lowest BCUT2D eigenvalue weighted by atomic mass is 10.1. The second-order valence-electron chi connectivity index (χ2n) is 6.76. The van der Waals surface area contributed by atoms with Crippen molar-refractivity contribution in [2.24, 2.45) is 0 Å². The molecular weight excluding hydrogens is 382 g/mol. The number of anilines is 1. The molecule has 0 aliphatic carbocycles. The molecule has 8 nitrogen and oxygen atoms in total. The van der Waals surface area contributed by atoms with Crippen LogP contribution in [0.25, 0.3) is 0 Å². The lowest BCUT2D eigenvalue weighted by molar-refractivity contribution is -0.384. The molecule has 0 radical (unpaired) electrons. The van der Waals surface area contributed by atoms with Gasteiger partial charge in [-0.1, -0.05) is 6.07 Å². The van der Waals surface area contributed by atoms with Gasteiger partial charge < -0.3 is 4.90 Å². The lowest BCUT2D eigenvalue weighted by Gasteiger charge is -2.35. The maximum absolute atomic E-state index is 12.9. The molecule has 0 amide bonds. The van der Waals surface area contributed by atoms with Gasteiger partial charge in [0.05, 0.1) is 9.82 Å². The van der Waals surface area contributed by atoms with Gasteiger partial charge in [-0.05, 0) is 49.2 Å². The number of carbonyl (C=O) groups is 1. The highest BCUT2D eigenvalue weighted by atomic mass is 32.2. The summed E-state index contributed by atoms with van der Waals surface area (Å²) in [6, 6.07) is 9.35. The van der Waals surface area contributed by atoms with Crippen molar-refractivity contribution in [1.29, 1.82) is 0 Å². The molecule has 0 saturated carbocycles. The fourth-order valence-corrected chi connectivity index (χ4v) is 4.73. The predicted octanol–water partition coefficient (Wildman–Crippen LogP) is 2.54. The van der Waals surface area contributed by atoms with E-state index in [1.54, 1.807) is 23.1 Å². The summed E-state index contributed by atoms with van der Waals surface area (Å²) < 4.78 is 27.2. The summed E-state index contributed by atoms with van der Waals surface area (Å²) in [7, 11) is -3.62. The van der Waals surface area contributed by atoms with Gasteiger partial charge in [-0.2, -0.15) is 4.31 Å². The summed E-state index contributed by atoms with van der Waals surface area (Å²) in [5, 5.41) is 11.4. The molecular formula is C19H21N3O5S. The first kappa shape index (κ1) is 20.0. The van der Waals surface area contributed by atoms with Crippen LogP contribution in [0.15, 0.2) is 41.3 Å². The van der Waals surface area contributed by atoms with Crippen LogP contribution in [0.3, 0.4) is 0 Å². The Morgan fingerprint density at radius 2 is 1.68 bits per heavy atom. The summed E-state index contributed by atoms with van der Waals surface area (Å²) >= 11 is 0. The van der Waals surface area contributed by atoms with Crippen molar-refractivity contribution < 1.29 is 18.1 Å². The second kappa shape index (κ2) is 7.69. The van der Waals surface area contributed by atoms with Crippen LogP contribution in [0.5, 0.6) is 0 Å². The van der Waals surface area contributed by atoms with Gasteiger partial charge in [0.25, 0.3) is 5.69 Å². The number of carbonyl (C=O) groups excluding carboxylic acids is 1. The second-order valence-corrected chi connectivity index (χ2v) is 8.70. The molecule has 28 heavy (non-hydrogen) atoms. The van der Waals surface area contributed by atoms with E-state index in [1.807, 2.05) is 13.8 Å². The van der Waals surface area contributed by atoms with E-state index < -0.39 is 14.9 Å². The number of rotatable bonds is 5. The molecule has 1 heterocycles. The molecule has 0 bridgehead atoms. The van der Waals surface area contributed by atoms with Crippen molar-refractivity contribution in [3.8, 4) is 0 Å². The number of benzene rings is 2. The minimum absolute atomic E-state index is 0.157. The van der Waals surface area contributed by atoms with Gasteiger partial charge in [0.15, 0.2) is 0 Å². The number of aldehydes is 1. The Morgan fingerprint density at radius 3 is 2.25 bits per heavy atom. The number of nitro groups is 1. The molecule has 0 aromatic heterocycles. The van der Waals surface area contributed by atoms with Crippen molar-refractivity contribution in [3.63, 3.8) is 0 Å². The molecule has 0 N–H and O–H groups in total. The molecule has 0 spiro atoms. The Balaban J connectivity index is 1.80. The number of aryl methyl sites for hydroxylation is 2. The molecule has 1 aliphatic heterocycles. The molecule has 0 atom stereocenters. The van der Waals surface area contributed by atoms with Crippen LogP contribution in [0.2, 0.25) is 0 Å². The molecule has 1 saturated heterocycles. The van der Waals surface area contributed by atoms with E-state index in [9.17, 15) is 23.3 Å². The van der Waals surface area contributed by atoms with Gasteiger partial charge in [0.1, 0.15) is 12.0 Å². The highest BCUT2D eigenvalue weighted by Gasteiger charge is 2.30. The van der Waals surface area contributed by atoms with Gasteiger partial charge in [-0.3, -0.25) is 14.9 Å². The largest absolute Gasteiger partial charge is 0.363 e. The smallest absolute Gasteiger partial charge is 0.293 e. The van der Waals surface area contributed by atoms with Crippen molar-refractivity contribution in [1.82, 2.24) is 4.31 Å². The fourth-order valence-electron chi connectivity index (χ4n) is 3.22. The van der Waals surface area contributed by atoms with Gasteiger partial charge in [0, 0.05) is 37.8 Å². The Hall–Kier alpha value is -2.78. The maximum atomic E-state index is 12.9. The normalized spacial score (nSPS) is 15.4. The highest BCUT2D eigenvalue weighted by molar-refractivity contribution is 7.89. The van der Waals surface area contributed by atoms with Gasteiger partial charge in [-0.15, -0.1) is 0 Å². The lowest BCUT2D eigenvalue weighted by Crippen LogP contribution is -2.48. The van der Waals surface area contributed by atoms with E-state index in [4.69, 9.17) is 0 Å². The standard InChI is InChI=1S/C19H21N3O5S/c1-14-3-5-17(11-15(14)2)28(26,27)21-9-7-20(8-10-21)18-6-4-16(13-23)12-19(18)22(24)25/h3-6,11-13H,7-10H2,1-2H3. The zero-order chi connectivity index (χ0) is 20.5. The van der Waals surface area contributed by atoms with Crippen LogP contribution in [-0.4, -0.2) is 50.1 Å². The number of hydrogen-bond donors (Lipinski definition) is 0. The van der Waals surface area contributed by atoms with Crippen LogP contribution < -0.4 is 4.90 Å². The third kappa shape index (κ3) is 3.76. The number of hydrogen-bond acceptors (Lipinski definition) is 6. The molecule has 2 aromatic rings. The first-order valence-corrected chi connectivity index (χ1v) is 10.2. The van der Waals surface area contributed by atoms with Gasteiger partial charge >= 0.3 is 0 Å². The Bertz CT molecular complexity index is 1030. The molecule has 1 aliphatic rings. The average molecular weight is 403 g/mol. The van der Waals surface area contributed by atoms with E-state index in [-0.39, 0.29) is 29.2 Å². The summed E-state index contributed by atoms with van der Waals surface area (Å²) in [6.07, 6.45) is 0.560. The predicted molar refractivity (Wildman–Crippen MR) is 105 cm³/mol. The average Bonchev–Trinajstić information content (AvgIpc) is 2.69. The quantitative estimate of drug-likeness (QED) is 0.432. The van der Waals surface area contributed by atoms with E-state index >= 15 is 0 Å². The van der Waals surface area contributed by atoms with Crippen molar-refractivity contribution in [2.45, 2.75) is 18.7 Å². The van der Waals surface area contributed by atoms with E-state index in [2.05, 4.69) is 0 Å². The highest BCUT2D eigenvalue weighted by Crippen LogP contribution is 2.30. The zero-order valence-corrected chi connectivity index (χ0v) is 16.5. The topological polar surface area (TPSA) is 101 Å². The first-order chi connectivity index (χ1) is 13.2. The summed E-state index contributed by atoms with van der Waals surface area (Å²) in [5.41, 5.74) is 2.39.